The summed E-state index contributed by atoms with van der Waals surface area (Å²) in [4.78, 5) is 21.4. The number of aryl methyl sites for hydroxylation is 1. The highest BCUT2D eigenvalue weighted by molar-refractivity contribution is 7.17. The zero-order valence-corrected chi connectivity index (χ0v) is 15.8. The number of aromatic nitrogens is 2. The molecule has 1 N–H and O–H groups in total. The zero-order valence-electron chi connectivity index (χ0n) is 14.2. The molecule has 0 spiro atoms. The lowest BCUT2D eigenvalue weighted by atomic mass is 9.83. The summed E-state index contributed by atoms with van der Waals surface area (Å²) in [5.41, 5.74) is 1.31. The van der Waals surface area contributed by atoms with Gasteiger partial charge in [0, 0.05) is 0 Å². The number of nitrogens with one attached hydrogen (secondary N) is 1. The van der Waals surface area contributed by atoms with Crippen LogP contribution in [0.1, 0.15) is 46.1 Å². The quantitative estimate of drug-likeness (QED) is 0.747. The number of rotatable bonds is 5. The third kappa shape index (κ3) is 5.15. The van der Waals surface area contributed by atoms with Crippen LogP contribution in [0.15, 0.2) is 5.38 Å². The average molecular weight is 353 g/mol. The molecule has 2 aromatic heterocycles. The minimum Gasteiger partial charge on any atom is -0.310 e. The van der Waals surface area contributed by atoms with E-state index in [1.54, 1.807) is 6.42 Å². The molecule has 1 radical (unpaired) electrons. The van der Waals surface area contributed by atoms with Gasteiger partial charge in [-0.25, -0.2) is 4.98 Å². The lowest BCUT2D eigenvalue weighted by Crippen LogP contribution is -2.17. The Kier molecular flexibility index (Phi) is 5.63. The van der Waals surface area contributed by atoms with Crippen LogP contribution in [0, 0.1) is 24.7 Å². The first-order valence-electron chi connectivity index (χ1n) is 7.71. The first-order chi connectivity index (χ1) is 10.7. The molecule has 6 heteroatoms. The van der Waals surface area contributed by atoms with Crippen molar-refractivity contribution in [1.82, 2.24) is 9.97 Å². The molecule has 125 valence electrons. The van der Waals surface area contributed by atoms with E-state index in [4.69, 9.17) is 11.6 Å². The highest BCUT2D eigenvalue weighted by atomic mass is 35.5. The lowest BCUT2D eigenvalue weighted by molar-refractivity contribution is -0.113. The summed E-state index contributed by atoms with van der Waals surface area (Å²) in [5.74, 6) is 0.800. The Hall–Kier alpha value is -1.20. The van der Waals surface area contributed by atoms with E-state index in [1.807, 2.05) is 12.3 Å². The summed E-state index contributed by atoms with van der Waals surface area (Å²) in [6.45, 7) is 10.8. The molecule has 23 heavy (non-hydrogen) atoms. The monoisotopic (exact) mass is 352 g/mol. The van der Waals surface area contributed by atoms with Crippen LogP contribution in [0.2, 0.25) is 5.28 Å². The normalized spacial score (nSPS) is 13.3. The van der Waals surface area contributed by atoms with Gasteiger partial charge < -0.3 is 5.32 Å². The Morgan fingerprint density at radius 3 is 2.78 bits per heavy atom. The number of anilines is 1. The van der Waals surface area contributed by atoms with Crippen molar-refractivity contribution in [2.45, 2.75) is 47.5 Å². The standard InChI is InChI=1S/C17H23ClN3OS/c1-10(8-17(3,4)5)6-7-12(22)19-14-13-11(2)9-23-15(13)21-16(18)20-14/h7,9-10H,6,8H2,1-5H3,(H,19,20,21,22). The van der Waals surface area contributed by atoms with E-state index in [1.165, 1.54) is 11.3 Å². The van der Waals surface area contributed by atoms with Gasteiger partial charge in [0.1, 0.15) is 10.6 Å². The minimum absolute atomic E-state index is 0.146. The van der Waals surface area contributed by atoms with Gasteiger partial charge in [0.2, 0.25) is 11.2 Å². The predicted octanol–water partition coefficient (Wildman–Crippen LogP) is 5.26. The molecule has 1 amide bonds. The van der Waals surface area contributed by atoms with Crippen LogP contribution in [-0.4, -0.2) is 15.9 Å². The molecule has 2 heterocycles. The number of fused-ring (bicyclic) bond motifs is 1. The van der Waals surface area contributed by atoms with E-state index in [-0.39, 0.29) is 16.6 Å². The zero-order chi connectivity index (χ0) is 17.2. The minimum atomic E-state index is -0.146. The Balaban J connectivity index is 2.02. The summed E-state index contributed by atoms with van der Waals surface area (Å²) >= 11 is 7.44. The van der Waals surface area contributed by atoms with Crippen LogP contribution in [-0.2, 0) is 4.79 Å². The molecule has 0 aromatic carbocycles. The number of hydrogen-bond donors (Lipinski definition) is 1. The number of hydrogen-bond acceptors (Lipinski definition) is 4. The van der Waals surface area contributed by atoms with Gasteiger partial charge in [-0.15, -0.1) is 11.3 Å². The first-order valence-corrected chi connectivity index (χ1v) is 8.97. The SMILES string of the molecule is Cc1csc2nc(Cl)nc(NC(=O)[CH]CC(C)CC(C)(C)C)c12. The van der Waals surface area contributed by atoms with Crippen LogP contribution in [0.4, 0.5) is 5.82 Å². The fourth-order valence-electron chi connectivity index (χ4n) is 2.75. The van der Waals surface area contributed by atoms with Crippen molar-refractivity contribution in [2.75, 3.05) is 5.32 Å². The third-order valence-corrected chi connectivity index (χ3v) is 4.66. The third-order valence-electron chi connectivity index (χ3n) is 3.50. The number of carbonyl (C=O) groups is 1. The van der Waals surface area contributed by atoms with Crippen molar-refractivity contribution in [3.05, 3.63) is 22.6 Å². The number of amides is 1. The van der Waals surface area contributed by atoms with E-state index in [2.05, 4.69) is 43.0 Å². The van der Waals surface area contributed by atoms with Gasteiger partial charge in [-0.2, -0.15) is 4.98 Å². The second-order valence-corrected chi connectivity index (χ2v) is 8.44. The molecule has 0 bridgehead atoms. The van der Waals surface area contributed by atoms with Gasteiger partial charge in [-0.1, -0.05) is 27.7 Å². The maximum atomic E-state index is 12.2. The second kappa shape index (κ2) is 7.14. The van der Waals surface area contributed by atoms with Gasteiger partial charge >= 0.3 is 0 Å². The molecule has 1 unspecified atom stereocenters. The summed E-state index contributed by atoms with van der Waals surface area (Å²) in [6, 6.07) is 0. The highest BCUT2D eigenvalue weighted by Gasteiger charge is 2.18. The predicted molar refractivity (Wildman–Crippen MR) is 97.9 cm³/mol. The van der Waals surface area contributed by atoms with Crippen molar-refractivity contribution in [1.29, 1.82) is 0 Å². The number of thiophene rings is 1. The summed E-state index contributed by atoms with van der Waals surface area (Å²) in [5, 5.41) is 5.85. The fourth-order valence-corrected chi connectivity index (χ4v) is 3.89. The lowest BCUT2D eigenvalue weighted by Gasteiger charge is -2.22. The maximum Gasteiger partial charge on any atom is 0.229 e. The van der Waals surface area contributed by atoms with Gasteiger partial charge in [-0.3, -0.25) is 4.79 Å². The number of halogens is 1. The summed E-state index contributed by atoms with van der Waals surface area (Å²) in [6.07, 6.45) is 3.51. The largest absolute Gasteiger partial charge is 0.310 e. The molecule has 2 aromatic rings. The molecule has 0 aliphatic rings. The van der Waals surface area contributed by atoms with Crippen LogP contribution < -0.4 is 5.32 Å². The first kappa shape index (κ1) is 18.1. The van der Waals surface area contributed by atoms with E-state index >= 15 is 0 Å². The van der Waals surface area contributed by atoms with Crippen molar-refractivity contribution in [2.24, 2.45) is 11.3 Å². The number of nitrogens with zero attached hydrogens (tertiary/aromatic N) is 2. The van der Waals surface area contributed by atoms with Gasteiger partial charge in [-0.05, 0) is 53.6 Å². The van der Waals surface area contributed by atoms with E-state index in [9.17, 15) is 4.79 Å². The van der Waals surface area contributed by atoms with Crippen LogP contribution in [0.5, 0.6) is 0 Å². The van der Waals surface area contributed by atoms with Crippen molar-refractivity contribution in [3.63, 3.8) is 0 Å². The second-order valence-electron chi connectivity index (χ2n) is 7.24. The molecule has 0 aliphatic heterocycles. The molecule has 0 saturated carbocycles. The molecule has 0 saturated heterocycles. The Morgan fingerprint density at radius 1 is 1.43 bits per heavy atom. The van der Waals surface area contributed by atoms with Gasteiger partial charge in [0.25, 0.3) is 0 Å². The smallest absolute Gasteiger partial charge is 0.229 e. The number of carbonyl (C=O) groups excluding carboxylic acids is 1. The fraction of sp³-hybridized carbons (Fsp3) is 0.529. The van der Waals surface area contributed by atoms with E-state index in [0.717, 1.165) is 28.6 Å². The Labute approximate surface area is 146 Å². The maximum absolute atomic E-state index is 12.2. The van der Waals surface area contributed by atoms with Crippen LogP contribution >= 0.6 is 22.9 Å². The van der Waals surface area contributed by atoms with Crippen molar-refractivity contribution >= 4 is 44.9 Å². The molecule has 0 aliphatic carbocycles. The topological polar surface area (TPSA) is 54.9 Å². The van der Waals surface area contributed by atoms with Gasteiger partial charge in [0.05, 0.1) is 11.8 Å². The van der Waals surface area contributed by atoms with Gasteiger partial charge in [0.15, 0.2) is 0 Å². The molecular weight excluding hydrogens is 330 g/mol. The van der Waals surface area contributed by atoms with Crippen molar-refractivity contribution in [3.8, 4) is 0 Å². The molecule has 2 rings (SSSR count). The molecular formula is C17H23ClN3OS. The molecule has 4 nitrogen and oxygen atoms in total. The van der Waals surface area contributed by atoms with Crippen LogP contribution in [0.25, 0.3) is 10.2 Å². The molecule has 1 atom stereocenters. The van der Waals surface area contributed by atoms with Crippen molar-refractivity contribution < 1.29 is 4.79 Å². The summed E-state index contributed by atoms with van der Waals surface area (Å²) < 4.78 is 0. The summed E-state index contributed by atoms with van der Waals surface area (Å²) in [7, 11) is 0. The van der Waals surface area contributed by atoms with E-state index < -0.39 is 0 Å². The Morgan fingerprint density at radius 2 is 2.13 bits per heavy atom. The highest BCUT2D eigenvalue weighted by Crippen LogP contribution is 2.31. The van der Waals surface area contributed by atoms with E-state index in [0.29, 0.717) is 11.7 Å². The van der Waals surface area contributed by atoms with Crippen LogP contribution in [0.3, 0.4) is 0 Å². The average Bonchev–Trinajstić information content (AvgIpc) is 2.76. The molecule has 0 fully saturated rings. The Bertz CT molecular complexity index is 706.